The summed E-state index contributed by atoms with van der Waals surface area (Å²) in [5.41, 5.74) is 0.925. The van der Waals surface area contributed by atoms with Crippen LogP contribution in [0.1, 0.15) is 17.3 Å². The fourth-order valence-electron chi connectivity index (χ4n) is 1.72. The summed E-state index contributed by atoms with van der Waals surface area (Å²) in [6, 6.07) is 0. The summed E-state index contributed by atoms with van der Waals surface area (Å²) in [5, 5.41) is 6.44. The van der Waals surface area contributed by atoms with Crippen molar-refractivity contribution < 1.29 is 9.15 Å². The highest BCUT2D eigenvalue weighted by atomic mass is 127. The quantitative estimate of drug-likeness (QED) is 0.370. The van der Waals surface area contributed by atoms with E-state index in [1.165, 1.54) is 0 Å². The van der Waals surface area contributed by atoms with Crippen molar-refractivity contribution in [1.29, 1.82) is 0 Å². The van der Waals surface area contributed by atoms with E-state index in [-0.39, 0.29) is 24.0 Å². The van der Waals surface area contributed by atoms with Crippen molar-refractivity contribution in [3.8, 4) is 0 Å². The predicted octanol–water partition coefficient (Wildman–Crippen LogP) is 1.15. The number of guanidine groups is 1. The van der Waals surface area contributed by atoms with Gasteiger partial charge in [-0.1, -0.05) is 0 Å². The molecule has 2 N–H and O–H groups in total. The summed E-state index contributed by atoms with van der Waals surface area (Å²) in [6.45, 7) is 7.75. The molecule has 0 aliphatic heterocycles. The Morgan fingerprint density at radius 3 is 2.59 bits per heavy atom. The molecule has 0 atom stereocenters. The first kappa shape index (κ1) is 21.1. The van der Waals surface area contributed by atoms with Gasteiger partial charge in [-0.15, -0.1) is 24.0 Å². The second-order valence-electron chi connectivity index (χ2n) is 4.90. The van der Waals surface area contributed by atoms with Gasteiger partial charge in [0.1, 0.15) is 5.76 Å². The van der Waals surface area contributed by atoms with Gasteiger partial charge in [-0.05, 0) is 20.9 Å². The number of rotatable bonds is 8. The number of ether oxygens (including phenoxy) is 1. The van der Waals surface area contributed by atoms with Gasteiger partial charge in [-0.2, -0.15) is 0 Å². The molecule has 22 heavy (non-hydrogen) atoms. The van der Waals surface area contributed by atoms with Crippen molar-refractivity contribution in [1.82, 2.24) is 20.5 Å². The highest BCUT2D eigenvalue weighted by Crippen LogP contribution is 2.07. The molecule has 0 aliphatic rings. The largest absolute Gasteiger partial charge is 0.444 e. The molecule has 1 heterocycles. The van der Waals surface area contributed by atoms with E-state index in [4.69, 9.17) is 9.15 Å². The van der Waals surface area contributed by atoms with Crippen LogP contribution in [-0.2, 0) is 11.3 Å². The third-order valence-corrected chi connectivity index (χ3v) is 3.17. The first-order chi connectivity index (χ1) is 10.1. The van der Waals surface area contributed by atoms with Gasteiger partial charge in [0, 0.05) is 33.8 Å². The summed E-state index contributed by atoms with van der Waals surface area (Å²) >= 11 is 0. The van der Waals surface area contributed by atoms with Crippen molar-refractivity contribution >= 4 is 29.9 Å². The van der Waals surface area contributed by atoms with Gasteiger partial charge >= 0.3 is 0 Å². The molecule has 0 fully saturated rings. The maximum absolute atomic E-state index is 5.52. The fourth-order valence-corrected chi connectivity index (χ4v) is 1.72. The molecule has 0 amide bonds. The molecule has 8 heteroatoms. The third-order valence-electron chi connectivity index (χ3n) is 3.17. The SMILES string of the molecule is CN=C(NCCN(C)CCOC)NCc1nc(C)c(C)o1.I. The topological polar surface area (TPSA) is 74.9 Å². The van der Waals surface area contributed by atoms with Crippen LogP contribution in [0.5, 0.6) is 0 Å². The average molecular weight is 425 g/mol. The lowest BCUT2D eigenvalue weighted by Crippen LogP contribution is -2.41. The minimum atomic E-state index is 0. The van der Waals surface area contributed by atoms with Crippen molar-refractivity contribution in [2.75, 3.05) is 47.4 Å². The number of hydrogen-bond acceptors (Lipinski definition) is 5. The number of aliphatic imine (C=N–C) groups is 1. The maximum Gasteiger partial charge on any atom is 0.214 e. The first-order valence-electron chi connectivity index (χ1n) is 7.11. The number of likely N-dealkylation sites (N-methyl/N-ethyl adjacent to an activating group) is 1. The molecule has 0 saturated heterocycles. The highest BCUT2D eigenvalue weighted by molar-refractivity contribution is 14.0. The molecule has 0 bridgehead atoms. The van der Waals surface area contributed by atoms with Crippen molar-refractivity contribution in [2.45, 2.75) is 20.4 Å². The molecule has 0 aliphatic carbocycles. The van der Waals surface area contributed by atoms with E-state index < -0.39 is 0 Å². The van der Waals surface area contributed by atoms with Crippen LogP contribution < -0.4 is 10.6 Å². The van der Waals surface area contributed by atoms with Gasteiger partial charge < -0.3 is 24.7 Å². The zero-order valence-electron chi connectivity index (χ0n) is 14.1. The van der Waals surface area contributed by atoms with Crippen molar-refractivity contribution in [3.05, 3.63) is 17.3 Å². The molecule has 1 aromatic rings. The van der Waals surface area contributed by atoms with Crippen LogP contribution in [0.3, 0.4) is 0 Å². The van der Waals surface area contributed by atoms with E-state index in [0.29, 0.717) is 12.4 Å². The summed E-state index contributed by atoms with van der Waals surface area (Å²) in [4.78, 5) is 10.7. The lowest BCUT2D eigenvalue weighted by atomic mass is 10.4. The smallest absolute Gasteiger partial charge is 0.214 e. The molecule has 0 unspecified atom stereocenters. The minimum absolute atomic E-state index is 0. The zero-order chi connectivity index (χ0) is 15.7. The fraction of sp³-hybridized carbons (Fsp3) is 0.714. The van der Waals surface area contributed by atoms with Crippen LogP contribution in [0, 0.1) is 13.8 Å². The number of aryl methyl sites for hydroxylation is 2. The van der Waals surface area contributed by atoms with E-state index in [0.717, 1.165) is 43.7 Å². The summed E-state index contributed by atoms with van der Waals surface area (Å²) in [6.07, 6.45) is 0. The van der Waals surface area contributed by atoms with E-state index in [1.807, 2.05) is 13.8 Å². The van der Waals surface area contributed by atoms with E-state index in [1.54, 1.807) is 14.2 Å². The Labute approximate surface area is 149 Å². The van der Waals surface area contributed by atoms with Crippen LogP contribution in [0.2, 0.25) is 0 Å². The maximum atomic E-state index is 5.52. The minimum Gasteiger partial charge on any atom is -0.444 e. The van der Waals surface area contributed by atoms with Gasteiger partial charge in [-0.3, -0.25) is 4.99 Å². The second kappa shape index (κ2) is 11.7. The van der Waals surface area contributed by atoms with Gasteiger partial charge in [-0.25, -0.2) is 4.98 Å². The lowest BCUT2D eigenvalue weighted by molar-refractivity contribution is 0.162. The van der Waals surface area contributed by atoms with Crippen LogP contribution in [0.15, 0.2) is 9.41 Å². The highest BCUT2D eigenvalue weighted by Gasteiger charge is 2.06. The monoisotopic (exact) mass is 425 g/mol. The van der Waals surface area contributed by atoms with Crippen LogP contribution in [-0.4, -0.2) is 63.3 Å². The van der Waals surface area contributed by atoms with E-state index in [2.05, 4.69) is 32.6 Å². The summed E-state index contributed by atoms with van der Waals surface area (Å²) < 4.78 is 10.6. The lowest BCUT2D eigenvalue weighted by Gasteiger charge is -2.17. The number of halogens is 1. The summed E-state index contributed by atoms with van der Waals surface area (Å²) in [5.74, 6) is 2.27. The predicted molar refractivity (Wildman–Crippen MR) is 99.0 cm³/mol. The number of oxazole rings is 1. The number of nitrogens with zero attached hydrogens (tertiary/aromatic N) is 3. The van der Waals surface area contributed by atoms with Crippen LogP contribution in [0.4, 0.5) is 0 Å². The molecule has 1 aromatic heterocycles. The number of methoxy groups -OCH3 is 1. The van der Waals surface area contributed by atoms with Crippen LogP contribution in [0.25, 0.3) is 0 Å². The molecule has 0 saturated carbocycles. The molecule has 0 aromatic carbocycles. The molecular weight excluding hydrogens is 397 g/mol. The average Bonchev–Trinajstić information content (AvgIpc) is 2.79. The molecule has 7 nitrogen and oxygen atoms in total. The van der Waals surface area contributed by atoms with Gasteiger partial charge in [0.2, 0.25) is 5.89 Å². The van der Waals surface area contributed by atoms with Crippen LogP contribution >= 0.6 is 24.0 Å². The molecule has 0 radical (unpaired) electrons. The van der Waals surface area contributed by atoms with E-state index >= 15 is 0 Å². The number of nitrogens with one attached hydrogen (secondary N) is 2. The molecule has 0 spiro atoms. The Hall–Kier alpha value is -0.870. The number of aromatic nitrogens is 1. The van der Waals surface area contributed by atoms with Gasteiger partial charge in [0.05, 0.1) is 18.8 Å². The Bertz CT molecular complexity index is 431. The standard InChI is InChI=1S/C14H27N5O2.HI/c1-11-12(2)21-13(18-11)10-17-14(15-3)16-6-7-19(4)8-9-20-5;/h6-10H2,1-5H3,(H2,15,16,17);1H. The second-order valence-corrected chi connectivity index (χ2v) is 4.90. The normalized spacial score (nSPS) is 11.5. The zero-order valence-corrected chi connectivity index (χ0v) is 16.4. The number of hydrogen-bond donors (Lipinski definition) is 2. The Balaban J connectivity index is 0.00000441. The van der Waals surface area contributed by atoms with Crippen molar-refractivity contribution in [3.63, 3.8) is 0 Å². The van der Waals surface area contributed by atoms with Gasteiger partial charge in [0.15, 0.2) is 5.96 Å². The molecule has 1 rings (SSSR count). The Morgan fingerprint density at radius 2 is 2.05 bits per heavy atom. The van der Waals surface area contributed by atoms with Gasteiger partial charge in [0.25, 0.3) is 0 Å². The van der Waals surface area contributed by atoms with Crippen molar-refractivity contribution in [2.24, 2.45) is 4.99 Å². The first-order valence-corrected chi connectivity index (χ1v) is 7.11. The Kier molecular flexibility index (Phi) is 11.2. The summed E-state index contributed by atoms with van der Waals surface area (Å²) in [7, 11) is 5.52. The van der Waals surface area contributed by atoms with E-state index in [9.17, 15) is 0 Å². The third kappa shape index (κ3) is 7.95. The molecule has 128 valence electrons. The Morgan fingerprint density at radius 1 is 1.32 bits per heavy atom. The molecular formula is C14H28IN5O2.